The molecule has 0 aliphatic heterocycles. The zero-order chi connectivity index (χ0) is 21.9. The van der Waals surface area contributed by atoms with Crippen molar-refractivity contribution in [3.63, 3.8) is 0 Å². The summed E-state index contributed by atoms with van der Waals surface area (Å²) in [6.07, 6.45) is 1.53. The van der Waals surface area contributed by atoms with Crippen LogP contribution in [0.4, 0.5) is 10.1 Å². The molecule has 31 heavy (non-hydrogen) atoms. The van der Waals surface area contributed by atoms with Gasteiger partial charge < -0.3 is 14.8 Å². The van der Waals surface area contributed by atoms with E-state index in [1.165, 1.54) is 18.3 Å². The van der Waals surface area contributed by atoms with Crippen LogP contribution >= 0.6 is 0 Å². The molecular weight excluding hydrogens is 397 g/mol. The highest BCUT2D eigenvalue weighted by Gasteiger charge is 2.07. The van der Waals surface area contributed by atoms with Crippen LogP contribution in [0.2, 0.25) is 0 Å². The Labute approximate surface area is 180 Å². The summed E-state index contributed by atoms with van der Waals surface area (Å²) >= 11 is 0. The topological polar surface area (TPSA) is 72.0 Å². The second-order valence-electron chi connectivity index (χ2n) is 6.57. The number of amides is 1. The van der Waals surface area contributed by atoms with Gasteiger partial charge in [0, 0.05) is 5.69 Å². The van der Waals surface area contributed by atoms with Crippen LogP contribution in [0.25, 0.3) is 0 Å². The van der Waals surface area contributed by atoms with Gasteiger partial charge in [0.25, 0.3) is 5.91 Å². The summed E-state index contributed by atoms with van der Waals surface area (Å²) in [6.45, 7) is 2.84. The fourth-order valence-corrected chi connectivity index (χ4v) is 2.70. The van der Waals surface area contributed by atoms with Gasteiger partial charge >= 0.3 is 0 Å². The zero-order valence-electron chi connectivity index (χ0n) is 17.2. The van der Waals surface area contributed by atoms with Crippen LogP contribution in [0.5, 0.6) is 11.5 Å². The molecule has 2 N–H and O–H groups in total. The summed E-state index contributed by atoms with van der Waals surface area (Å²) in [7, 11) is 0. The van der Waals surface area contributed by atoms with Gasteiger partial charge in [-0.2, -0.15) is 5.10 Å². The summed E-state index contributed by atoms with van der Waals surface area (Å²) in [5, 5.41) is 6.86. The van der Waals surface area contributed by atoms with E-state index in [4.69, 9.17) is 9.47 Å². The highest BCUT2D eigenvalue weighted by atomic mass is 19.1. The Morgan fingerprint density at radius 3 is 2.52 bits per heavy atom. The van der Waals surface area contributed by atoms with Crippen LogP contribution in [0.1, 0.15) is 18.1 Å². The van der Waals surface area contributed by atoms with E-state index < -0.39 is 0 Å². The number of hydrogen-bond donors (Lipinski definition) is 2. The largest absolute Gasteiger partial charge is 0.490 e. The first-order valence-electron chi connectivity index (χ1n) is 9.89. The molecule has 0 radical (unpaired) electrons. The van der Waals surface area contributed by atoms with E-state index in [2.05, 4.69) is 15.8 Å². The molecule has 0 bridgehead atoms. The second-order valence-corrected chi connectivity index (χ2v) is 6.57. The number of hydrazone groups is 1. The lowest BCUT2D eigenvalue weighted by Gasteiger charge is -2.12. The Bertz CT molecular complexity index is 1010. The van der Waals surface area contributed by atoms with E-state index in [0.29, 0.717) is 30.4 Å². The number of ether oxygens (including phenoxy) is 2. The minimum Gasteiger partial charge on any atom is -0.490 e. The summed E-state index contributed by atoms with van der Waals surface area (Å²) in [5.74, 6) is 0.581. The maximum Gasteiger partial charge on any atom is 0.259 e. The van der Waals surface area contributed by atoms with Crippen molar-refractivity contribution < 1.29 is 18.7 Å². The van der Waals surface area contributed by atoms with E-state index in [1.807, 2.05) is 49.4 Å². The van der Waals surface area contributed by atoms with Crippen LogP contribution in [-0.2, 0) is 11.4 Å². The highest BCUT2D eigenvalue weighted by molar-refractivity contribution is 5.84. The van der Waals surface area contributed by atoms with Gasteiger partial charge in [0.05, 0.1) is 19.4 Å². The number of nitrogens with one attached hydrogen (secondary N) is 2. The monoisotopic (exact) mass is 421 g/mol. The molecule has 0 aliphatic rings. The maximum absolute atomic E-state index is 12.9. The SMILES string of the molecule is CCOc1cc(/C=N\NC(=O)CNc2ccc(F)cc2)ccc1OCc1ccccc1. The lowest BCUT2D eigenvalue weighted by Crippen LogP contribution is -2.25. The minimum atomic E-state index is -0.331. The van der Waals surface area contributed by atoms with Crippen LogP contribution in [-0.4, -0.2) is 25.3 Å². The lowest BCUT2D eigenvalue weighted by molar-refractivity contribution is -0.119. The van der Waals surface area contributed by atoms with Gasteiger partial charge in [0.1, 0.15) is 12.4 Å². The molecule has 0 saturated heterocycles. The van der Waals surface area contributed by atoms with Gasteiger partial charge in [-0.25, -0.2) is 9.82 Å². The molecular formula is C24H24FN3O3. The molecule has 3 rings (SSSR count). The molecule has 0 heterocycles. The molecule has 0 spiro atoms. The van der Waals surface area contributed by atoms with Crippen molar-refractivity contribution in [2.24, 2.45) is 5.10 Å². The zero-order valence-corrected chi connectivity index (χ0v) is 17.2. The van der Waals surface area contributed by atoms with Gasteiger partial charge in [-0.15, -0.1) is 0 Å². The second kappa shape index (κ2) is 11.3. The molecule has 0 atom stereocenters. The first-order valence-corrected chi connectivity index (χ1v) is 9.89. The van der Waals surface area contributed by atoms with Crippen LogP contribution in [0, 0.1) is 5.82 Å². The van der Waals surface area contributed by atoms with E-state index in [0.717, 1.165) is 11.1 Å². The van der Waals surface area contributed by atoms with Crippen LogP contribution < -0.4 is 20.2 Å². The van der Waals surface area contributed by atoms with Crippen LogP contribution in [0.3, 0.4) is 0 Å². The smallest absolute Gasteiger partial charge is 0.259 e. The van der Waals surface area contributed by atoms with Crippen molar-refractivity contribution in [2.45, 2.75) is 13.5 Å². The number of benzene rings is 3. The van der Waals surface area contributed by atoms with Crippen molar-refractivity contribution in [3.8, 4) is 11.5 Å². The highest BCUT2D eigenvalue weighted by Crippen LogP contribution is 2.28. The number of carbonyl (C=O) groups is 1. The fourth-order valence-electron chi connectivity index (χ4n) is 2.70. The third-order valence-corrected chi connectivity index (χ3v) is 4.20. The van der Waals surface area contributed by atoms with Gasteiger partial charge in [-0.3, -0.25) is 4.79 Å². The third-order valence-electron chi connectivity index (χ3n) is 4.20. The Balaban J connectivity index is 1.53. The molecule has 3 aromatic rings. The van der Waals surface area contributed by atoms with E-state index in [1.54, 1.807) is 18.2 Å². The molecule has 160 valence electrons. The Morgan fingerprint density at radius 1 is 1.00 bits per heavy atom. The van der Waals surface area contributed by atoms with Gasteiger partial charge in [0.2, 0.25) is 0 Å². The van der Waals surface area contributed by atoms with Crippen molar-refractivity contribution in [1.29, 1.82) is 0 Å². The Hall–Kier alpha value is -3.87. The number of carbonyl (C=O) groups excluding carboxylic acids is 1. The average molecular weight is 421 g/mol. The Morgan fingerprint density at radius 2 is 1.77 bits per heavy atom. The predicted molar refractivity (Wildman–Crippen MR) is 119 cm³/mol. The molecule has 3 aromatic carbocycles. The summed E-state index contributed by atoms with van der Waals surface area (Å²) in [5.41, 5.74) is 4.91. The fraction of sp³-hybridized carbons (Fsp3) is 0.167. The molecule has 0 aromatic heterocycles. The predicted octanol–water partition coefficient (Wildman–Crippen LogP) is 4.37. The maximum atomic E-state index is 12.9. The number of nitrogens with zero attached hydrogens (tertiary/aromatic N) is 1. The van der Waals surface area contributed by atoms with Gasteiger partial charge in [-0.05, 0) is 60.5 Å². The van der Waals surface area contributed by atoms with Crippen molar-refractivity contribution in [1.82, 2.24) is 5.43 Å². The average Bonchev–Trinajstić information content (AvgIpc) is 2.79. The van der Waals surface area contributed by atoms with Gasteiger partial charge in [-0.1, -0.05) is 30.3 Å². The van der Waals surface area contributed by atoms with E-state index in [9.17, 15) is 9.18 Å². The first kappa shape index (κ1) is 21.8. The van der Waals surface area contributed by atoms with Crippen molar-refractivity contribution in [3.05, 3.63) is 89.7 Å². The summed E-state index contributed by atoms with van der Waals surface area (Å²) < 4.78 is 24.5. The number of halogens is 1. The summed E-state index contributed by atoms with van der Waals surface area (Å²) in [6, 6.07) is 21.1. The molecule has 0 saturated carbocycles. The first-order chi connectivity index (χ1) is 15.1. The van der Waals surface area contributed by atoms with Crippen molar-refractivity contribution in [2.75, 3.05) is 18.5 Å². The quantitative estimate of drug-likeness (QED) is 0.377. The molecule has 6 nitrogen and oxygen atoms in total. The normalized spacial score (nSPS) is 10.6. The lowest BCUT2D eigenvalue weighted by atomic mass is 10.2. The summed E-state index contributed by atoms with van der Waals surface area (Å²) in [4.78, 5) is 11.9. The minimum absolute atomic E-state index is 0.0133. The van der Waals surface area contributed by atoms with E-state index >= 15 is 0 Å². The number of anilines is 1. The number of hydrogen-bond acceptors (Lipinski definition) is 5. The molecule has 0 fully saturated rings. The van der Waals surface area contributed by atoms with Gasteiger partial charge in [0.15, 0.2) is 11.5 Å². The Kier molecular flexibility index (Phi) is 7.99. The molecule has 1 amide bonds. The standard InChI is InChI=1S/C24H24FN3O3/c1-2-30-23-14-19(8-13-22(23)31-17-18-6-4-3-5-7-18)15-27-28-24(29)16-26-21-11-9-20(25)10-12-21/h3-15,26H,2,16-17H2,1H3,(H,28,29)/b27-15-. The van der Waals surface area contributed by atoms with Crippen LogP contribution in [0.15, 0.2) is 77.9 Å². The molecule has 0 aliphatic carbocycles. The van der Waals surface area contributed by atoms with E-state index in [-0.39, 0.29) is 18.3 Å². The molecule has 7 heteroatoms. The number of rotatable bonds is 10. The van der Waals surface area contributed by atoms with Crippen molar-refractivity contribution >= 4 is 17.8 Å². The molecule has 0 unspecified atom stereocenters. The third kappa shape index (κ3) is 7.15.